The molecule has 2 rings (SSSR count). The number of hydrogen-bond acceptors (Lipinski definition) is 5. The van der Waals surface area contributed by atoms with Crippen LogP contribution >= 0.6 is 0 Å². The molecule has 2 aliphatic rings. The summed E-state index contributed by atoms with van der Waals surface area (Å²) in [6.07, 6.45) is 1.28. The average Bonchev–Trinajstić information content (AvgIpc) is 2.75. The van der Waals surface area contributed by atoms with Crippen molar-refractivity contribution < 1.29 is 26.6 Å². The highest BCUT2D eigenvalue weighted by Gasteiger charge is 2.35. The van der Waals surface area contributed by atoms with Gasteiger partial charge in [-0.25, -0.2) is 4.79 Å². The van der Waals surface area contributed by atoms with Crippen LogP contribution in [0.3, 0.4) is 0 Å². The van der Waals surface area contributed by atoms with Gasteiger partial charge in [-0.15, -0.1) is 3.89 Å². The van der Waals surface area contributed by atoms with Crippen LogP contribution in [-0.2, 0) is 19.8 Å². The fraction of sp³-hybridized carbons (Fsp3) is 0.875. The Balaban J connectivity index is 1.78. The van der Waals surface area contributed by atoms with Crippen molar-refractivity contribution in [2.24, 2.45) is 11.8 Å². The number of ether oxygens (including phenoxy) is 1. The zero-order valence-corrected chi connectivity index (χ0v) is 15.8. The predicted molar refractivity (Wildman–Crippen MR) is 90.1 cm³/mol. The van der Waals surface area contributed by atoms with Crippen LogP contribution in [0.15, 0.2) is 0 Å². The zero-order chi connectivity index (χ0) is 18.8. The van der Waals surface area contributed by atoms with E-state index in [2.05, 4.69) is 0 Å². The van der Waals surface area contributed by atoms with Gasteiger partial charge in [0, 0.05) is 38.5 Å². The largest absolute Gasteiger partial charge is 0.444 e. The van der Waals surface area contributed by atoms with E-state index in [0.29, 0.717) is 19.6 Å². The molecule has 0 saturated carbocycles. The van der Waals surface area contributed by atoms with E-state index in [-0.39, 0.29) is 30.9 Å². The summed E-state index contributed by atoms with van der Waals surface area (Å²) < 4.78 is 39.6. The van der Waals surface area contributed by atoms with Crippen LogP contribution in [-0.4, -0.2) is 67.8 Å². The number of rotatable bonds is 4. The van der Waals surface area contributed by atoms with Crippen molar-refractivity contribution in [1.82, 2.24) is 9.80 Å². The van der Waals surface area contributed by atoms with Crippen molar-refractivity contribution in [3.63, 3.8) is 0 Å². The van der Waals surface area contributed by atoms with E-state index in [1.807, 2.05) is 20.8 Å². The van der Waals surface area contributed by atoms with Gasteiger partial charge in [0.2, 0.25) is 5.91 Å². The number of halogens is 1. The molecule has 1 atom stereocenters. The molecule has 0 aromatic carbocycles. The summed E-state index contributed by atoms with van der Waals surface area (Å²) in [5.74, 6) is -0.928. The van der Waals surface area contributed by atoms with Crippen molar-refractivity contribution in [2.75, 3.05) is 31.9 Å². The fourth-order valence-electron chi connectivity index (χ4n) is 3.36. The van der Waals surface area contributed by atoms with Gasteiger partial charge < -0.3 is 14.5 Å². The van der Waals surface area contributed by atoms with E-state index in [1.54, 1.807) is 9.80 Å². The summed E-state index contributed by atoms with van der Waals surface area (Å²) in [4.78, 5) is 27.3. The Labute approximate surface area is 148 Å². The Kier molecular flexibility index (Phi) is 5.96. The van der Waals surface area contributed by atoms with E-state index >= 15 is 0 Å². The lowest BCUT2D eigenvalue weighted by Gasteiger charge is -2.34. The zero-order valence-electron chi connectivity index (χ0n) is 15.0. The molecule has 1 unspecified atom stereocenters. The molecule has 0 aliphatic carbocycles. The molecule has 2 aliphatic heterocycles. The lowest BCUT2D eigenvalue weighted by Crippen LogP contribution is -2.44. The minimum Gasteiger partial charge on any atom is -0.444 e. The first-order valence-corrected chi connectivity index (χ1v) is 10.2. The van der Waals surface area contributed by atoms with Gasteiger partial charge in [0.05, 0.1) is 5.75 Å². The van der Waals surface area contributed by atoms with Gasteiger partial charge in [0.1, 0.15) is 5.60 Å². The number of piperidine rings is 1. The van der Waals surface area contributed by atoms with Gasteiger partial charge in [-0.2, -0.15) is 8.42 Å². The molecule has 0 spiro atoms. The van der Waals surface area contributed by atoms with Crippen LogP contribution in [0.2, 0.25) is 0 Å². The maximum Gasteiger partial charge on any atom is 0.410 e. The standard InChI is InChI=1S/C16H27FN2O5S/c1-16(2,3)24-15(21)18-6-4-12(5-7-18)9-19-10-13(8-14(19)20)11-25(17,22)23/h12-13H,4-11H2,1-3H3. The van der Waals surface area contributed by atoms with Crippen LogP contribution in [0.1, 0.15) is 40.0 Å². The highest BCUT2D eigenvalue weighted by atomic mass is 32.3. The van der Waals surface area contributed by atoms with Gasteiger partial charge in [0.25, 0.3) is 0 Å². The molecule has 2 saturated heterocycles. The molecule has 0 bridgehead atoms. The second-order valence-electron chi connectivity index (χ2n) is 7.99. The second-order valence-corrected chi connectivity index (χ2v) is 9.40. The molecule has 2 amide bonds. The fourth-order valence-corrected chi connectivity index (χ4v) is 4.15. The Hall–Kier alpha value is -1.38. The number of carbonyl (C=O) groups excluding carboxylic acids is 2. The van der Waals surface area contributed by atoms with E-state index in [4.69, 9.17) is 4.74 Å². The van der Waals surface area contributed by atoms with Crippen molar-refractivity contribution >= 4 is 22.2 Å². The normalized spacial score (nSPS) is 23.2. The van der Waals surface area contributed by atoms with Crippen LogP contribution < -0.4 is 0 Å². The van der Waals surface area contributed by atoms with E-state index < -0.39 is 27.5 Å². The lowest BCUT2D eigenvalue weighted by molar-refractivity contribution is -0.128. The average molecular weight is 378 g/mol. The number of carbonyl (C=O) groups is 2. The molecule has 0 aromatic rings. The molecule has 9 heteroatoms. The minimum atomic E-state index is -4.56. The molecule has 0 N–H and O–H groups in total. The van der Waals surface area contributed by atoms with E-state index in [0.717, 1.165) is 12.8 Å². The minimum absolute atomic E-state index is 0.0832. The van der Waals surface area contributed by atoms with Crippen LogP contribution in [0, 0.1) is 11.8 Å². The Morgan fingerprint density at radius 2 is 1.84 bits per heavy atom. The van der Waals surface area contributed by atoms with Crippen molar-refractivity contribution in [1.29, 1.82) is 0 Å². The summed E-state index contributed by atoms with van der Waals surface area (Å²) >= 11 is 0. The van der Waals surface area contributed by atoms with Crippen molar-refractivity contribution in [2.45, 2.75) is 45.6 Å². The van der Waals surface area contributed by atoms with Gasteiger partial charge in [-0.3, -0.25) is 4.79 Å². The number of likely N-dealkylation sites (tertiary alicyclic amines) is 2. The molecule has 0 aromatic heterocycles. The summed E-state index contributed by atoms with van der Waals surface area (Å²) in [5, 5.41) is 0. The SMILES string of the molecule is CC(C)(C)OC(=O)N1CCC(CN2CC(CS(=O)(=O)F)CC2=O)CC1. The van der Waals surface area contributed by atoms with Crippen LogP contribution in [0.5, 0.6) is 0 Å². The van der Waals surface area contributed by atoms with Crippen LogP contribution in [0.25, 0.3) is 0 Å². The van der Waals surface area contributed by atoms with Gasteiger partial charge in [-0.05, 0) is 39.5 Å². The van der Waals surface area contributed by atoms with Gasteiger partial charge in [0.15, 0.2) is 0 Å². The molecule has 7 nitrogen and oxygen atoms in total. The summed E-state index contributed by atoms with van der Waals surface area (Å²) in [6, 6.07) is 0. The predicted octanol–water partition coefficient (Wildman–Crippen LogP) is 1.78. The number of nitrogens with zero attached hydrogens (tertiary/aromatic N) is 2. The highest BCUT2D eigenvalue weighted by molar-refractivity contribution is 7.86. The number of amides is 2. The third-order valence-corrected chi connectivity index (χ3v) is 5.34. The first-order valence-electron chi connectivity index (χ1n) is 8.61. The third kappa shape index (κ3) is 6.45. The van der Waals surface area contributed by atoms with Crippen molar-refractivity contribution in [3.8, 4) is 0 Å². The Morgan fingerprint density at radius 3 is 2.36 bits per heavy atom. The second kappa shape index (κ2) is 7.47. The first kappa shape index (κ1) is 19.9. The quantitative estimate of drug-likeness (QED) is 0.696. The maximum absolute atomic E-state index is 12.8. The molecular formula is C16H27FN2O5S. The number of hydrogen-bond donors (Lipinski definition) is 0. The monoisotopic (exact) mass is 378 g/mol. The smallest absolute Gasteiger partial charge is 0.410 e. The summed E-state index contributed by atoms with van der Waals surface area (Å²) in [6.45, 7) is 7.44. The van der Waals surface area contributed by atoms with Gasteiger partial charge in [-0.1, -0.05) is 0 Å². The van der Waals surface area contributed by atoms with Gasteiger partial charge >= 0.3 is 16.3 Å². The topological polar surface area (TPSA) is 84.0 Å². The molecule has 144 valence electrons. The van der Waals surface area contributed by atoms with E-state index in [1.165, 1.54) is 0 Å². The summed E-state index contributed by atoms with van der Waals surface area (Å²) in [7, 11) is -4.56. The summed E-state index contributed by atoms with van der Waals surface area (Å²) in [5.41, 5.74) is -0.526. The molecule has 0 radical (unpaired) electrons. The lowest BCUT2D eigenvalue weighted by atomic mass is 9.96. The Bertz CT molecular complexity index is 609. The molecule has 2 fully saturated rings. The van der Waals surface area contributed by atoms with Crippen LogP contribution in [0.4, 0.5) is 8.68 Å². The Morgan fingerprint density at radius 1 is 1.24 bits per heavy atom. The van der Waals surface area contributed by atoms with Crippen molar-refractivity contribution in [3.05, 3.63) is 0 Å². The maximum atomic E-state index is 12.8. The molecule has 25 heavy (non-hydrogen) atoms. The third-order valence-electron chi connectivity index (χ3n) is 4.47. The first-order chi connectivity index (χ1) is 11.4. The molecular weight excluding hydrogens is 351 g/mol. The highest BCUT2D eigenvalue weighted by Crippen LogP contribution is 2.25. The van der Waals surface area contributed by atoms with E-state index in [9.17, 15) is 21.9 Å². The molecule has 2 heterocycles.